The van der Waals surface area contributed by atoms with E-state index >= 15 is 0 Å². The first kappa shape index (κ1) is 20.1. The van der Waals surface area contributed by atoms with Gasteiger partial charge in [0.25, 0.3) is 0 Å². The Bertz CT molecular complexity index is 573. The fraction of sp³-hybridized carbons (Fsp3) is 0.611. The summed E-state index contributed by atoms with van der Waals surface area (Å²) >= 11 is 0. The Hall–Kier alpha value is -1.25. The summed E-state index contributed by atoms with van der Waals surface area (Å²) in [4.78, 5) is 0. The predicted molar refractivity (Wildman–Crippen MR) is 98.4 cm³/mol. The van der Waals surface area contributed by atoms with Crippen LogP contribution < -0.4 is 0 Å². The minimum absolute atomic E-state index is 0.0124. The lowest BCUT2D eigenvalue weighted by Crippen LogP contribution is -2.50. The normalized spacial score (nSPS) is 26.2. The molecule has 0 aromatic heterocycles. The highest BCUT2D eigenvalue weighted by Crippen LogP contribution is 2.39. The maximum absolute atomic E-state index is 9.72. The Balaban J connectivity index is 2.22. The van der Waals surface area contributed by atoms with Gasteiger partial charge in [-0.1, -0.05) is 56.3 Å². The zero-order valence-corrected chi connectivity index (χ0v) is 16.5. The van der Waals surface area contributed by atoms with Gasteiger partial charge in [-0.25, -0.2) is 0 Å². The van der Waals surface area contributed by atoms with Crippen molar-refractivity contribution in [3.8, 4) is 0 Å². The van der Waals surface area contributed by atoms with E-state index in [-0.39, 0.29) is 11.6 Å². The molecule has 1 aromatic rings. The molecule has 25 heavy (non-hydrogen) atoms. The molecule has 2 rings (SSSR count). The summed E-state index contributed by atoms with van der Waals surface area (Å²) in [6.45, 7) is 10.4. The highest BCUT2D eigenvalue weighted by molar-refractivity contribution is 6.74. The quantitative estimate of drug-likeness (QED) is 0.349. The molecule has 2 N–H and O–H groups in total. The van der Waals surface area contributed by atoms with E-state index in [0.717, 1.165) is 5.56 Å². The maximum Gasteiger partial charge on any atom is 0.193 e. The van der Waals surface area contributed by atoms with Crippen molar-refractivity contribution in [1.82, 2.24) is 0 Å². The molecule has 0 spiro atoms. The number of benzene rings is 1. The molecule has 1 fully saturated rings. The van der Waals surface area contributed by atoms with Crippen molar-refractivity contribution in [1.29, 1.82) is 0 Å². The van der Waals surface area contributed by atoms with E-state index in [2.05, 4.69) is 39.0 Å². The van der Waals surface area contributed by atoms with Crippen LogP contribution >= 0.6 is 0 Å². The van der Waals surface area contributed by atoms with Crippen LogP contribution in [-0.4, -0.2) is 49.8 Å². The van der Waals surface area contributed by atoms with Crippen LogP contribution in [0.1, 0.15) is 32.6 Å². The number of hydrogen-bond acceptors (Lipinski definition) is 6. The van der Waals surface area contributed by atoms with Gasteiger partial charge in [-0.3, -0.25) is 0 Å². The number of hydrogen-bond donors (Lipinski definition) is 2. The van der Waals surface area contributed by atoms with Gasteiger partial charge >= 0.3 is 0 Å². The topological polar surface area (TPSA) is 80.5 Å². The summed E-state index contributed by atoms with van der Waals surface area (Å²) in [5.41, 5.74) is 0.871. The van der Waals surface area contributed by atoms with Crippen LogP contribution in [0.25, 0.3) is 0 Å². The third-order valence-corrected chi connectivity index (χ3v) is 9.45. The molecule has 0 aliphatic carbocycles. The predicted octanol–water partition coefficient (Wildman–Crippen LogP) is 3.31. The van der Waals surface area contributed by atoms with Crippen molar-refractivity contribution >= 4 is 14.5 Å². The molecule has 6 nitrogen and oxygen atoms in total. The van der Waals surface area contributed by atoms with Gasteiger partial charge in [0, 0.05) is 5.56 Å². The largest absolute Gasteiger partial charge is 0.411 e. The van der Waals surface area contributed by atoms with E-state index in [1.165, 1.54) is 6.21 Å². The molecule has 1 aromatic carbocycles. The Kier molecular flexibility index (Phi) is 6.39. The molecule has 7 heteroatoms. The van der Waals surface area contributed by atoms with Crippen molar-refractivity contribution < 1.29 is 24.2 Å². The number of aliphatic hydroxyl groups excluding tert-OH is 1. The Morgan fingerprint density at radius 1 is 1.24 bits per heavy atom. The third-order valence-electron chi connectivity index (χ3n) is 4.97. The molecule has 0 unspecified atom stereocenters. The average Bonchev–Trinajstić information content (AvgIpc) is 2.98. The Morgan fingerprint density at radius 2 is 1.88 bits per heavy atom. The fourth-order valence-corrected chi connectivity index (χ4v) is 3.70. The molecule has 0 bridgehead atoms. The number of aliphatic hydroxyl groups is 1. The van der Waals surface area contributed by atoms with Crippen molar-refractivity contribution in [2.24, 2.45) is 5.16 Å². The van der Waals surface area contributed by atoms with Crippen molar-refractivity contribution in [3.05, 3.63) is 35.9 Å². The first-order chi connectivity index (χ1) is 11.7. The van der Waals surface area contributed by atoms with E-state index in [1.807, 2.05) is 30.3 Å². The van der Waals surface area contributed by atoms with E-state index in [0.29, 0.717) is 0 Å². The van der Waals surface area contributed by atoms with Crippen LogP contribution in [-0.2, 0) is 13.9 Å². The summed E-state index contributed by atoms with van der Waals surface area (Å²) in [6, 6.07) is 9.54. The Morgan fingerprint density at radius 3 is 2.40 bits per heavy atom. The van der Waals surface area contributed by atoms with Gasteiger partial charge in [0.1, 0.15) is 18.3 Å². The second-order valence-electron chi connectivity index (χ2n) is 7.81. The van der Waals surface area contributed by atoms with Gasteiger partial charge in [-0.2, -0.15) is 0 Å². The molecule has 1 saturated heterocycles. The molecule has 4 atom stereocenters. The molecule has 1 aliphatic rings. The van der Waals surface area contributed by atoms with E-state index in [1.54, 1.807) is 0 Å². The zero-order chi connectivity index (χ0) is 18.7. The third kappa shape index (κ3) is 4.68. The standard InChI is InChI=1S/C18H29NO5Si/c1-18(2,3)25(4,5)24-14(11-19-21)16-15(12-20)22-17(23-16)13-9-7-6-8-10-13/h6-11,14-17,20-21H,12H2,1-5H3/b19-11+/t14-,15+,16-,17+/m0/s1. The van der Waals surface area contributed by atoms with E-state index < -0.39 is 32.9 Å². The van der Waals surface area contributed by atoms with Crippen LogP contribution in [0.2, 0.25) is 18.1 Å². The number of rotatable bonds is 6. The highest BCUT2D eigenvalue weighted by Gasteiger charge is 2.46. The van der Waals surface area contributed by atoms with Crippen LogP contribution in [0, 0.1) is 0 Å². The van der Waals surface area contributed by atoms with Crippen LogP contribution in [0.3, 0.4) is 0 Å². The first-order valence-corrected chi connectivity index (χ1v) is 11.4. The minimum atomic E-state index is -2.14. The van der Waals surface area contributed by atoms with Crippen molar-refractivity contribution in [2.45, 2.75) is 63.5 Å². The molecule has 1 aliphatic heterocycles. The molecule has 0 saturated carbocycles. The lowest BCUT2D eigenvalue weighted by Gasteiger charge is -2.39. The monoisotopic (exact) mass is 367 g/mol. The SMILES string of the molecule is CC(C)(C)[Si](C)(C)O[C@@H](/C=N/O)[C@@H]1O[C@H](c2ccccc2)O[C@@H]1CO. The van der Waals surface area contributed by atoms with E-state index in [4.69, 9.17) is 19.1 Å². The number of oxime groups is 1. The van der Waals surface area contributed by atoms with Gasteiger partial charge in [0.2, 0.25) is 0 Å². The average molecular weight is 368 g/mol. The first-order valence-electron chi connectivity index (χ1n) is 8.51. The summed E-state index contributed by atoms with van der Waals surface area (Å²) in [5.74, 6) is 0. The van der Waals surface area contributed by atoms with Gasteiger partial charge in [0.15, 0.2) is 14.6 Å². The zero-order valence-electron chi connectivity index (χ0n) is 15.5. The molecule has 0 radical (unpaired) electrons. The minimum Gasteiger partial charge on any atom is -0.411 e. The van der Waals surface area contributed by atoms with Gasteiger partial charge in [-0.15, -0.1) is 0 Å². The summed E-state index contributed by atoms with van der Waals surface area (Å²) < 4.78 is 18.2. The second kappa shape index (κ2) is 7.97. The van der Waals surface area contributed by atoms with E-state index in [9.17, 15) is 5.11 Å². The lowest BCUT2D eigenvalue weighted by atomic mass is 10.1. The lowest BCUT2D eigenvalue weighted by molar-refractivity contribution is -0.0794. The van der Waals surface area contributed by atoms with Crippen LogP contribution in [0.15, 0.2) is 35.5 Å². The second-order valence-corrected chi connectivity index (χ2v) is 12.6. The van der Waals surface area contributed by atoms with Crippen LogP contribution in [0.5, 0.6) is 0 Å². The number of nitrogens with zero attached hydrogens (tertiary/aromatic N) is 1. The van der Waals surface area contributed by atoms with Gasteiger partial charge < -0.3 is 24.2 Å². The molecular formula is C18H29NO5Si. The number of ether oxygens (including phenoxy) is 2. The van der Waals surface area contributed by atoms with Gasteiger partial charge in [-0.05, 0) is 18.1 Å². The summed E-state index contributed by atoms with van der Waals surface area (Å²) in [5, 5.41) is 22.0. The smallest absolute Gasteiger partial charge is 0.193 e. The molecule has 0 amide bonds. The van der Waals surface area contributed by atoms with Crippen molar-refractivity contribution in [3.63, 3.8) is 0 Å². The summed E-state index contributed by atoms with van der Waals surface area (Å²) in [6.07, 6.45) is -0.971. The maximum atomic E-state index is 9.72. The highest BCUT2D eigenvalue weighted by atomic mass is 28.4. The summed E-state index contributed by atoms with van der Waals surface area (Å²) in [7, 11) is -2.14. The molecular weight excluding hydrogens is 338 g/mol. The van der Waals surface area contributed by atoms with Crippen molar-refractivity contribution in [2.75, 3.05) is 6.61 Å². The molecule has 140 valence electrons. The molecule has 1 heterocycles. The van der Waals surface area contributed by atoms with Gasteiger partial charge in [0.05, 0.1) is 12.8 Å². The fourth-order valence-electron chi connectivity index (χ4n) is 2.47. The van der Waals surface area contributed by atoms with Crippen LogP contribution in [0.4, 0.5) is 0 Å². The Labute approximate surface area is 150 Å².